The zero-order valence-electron chi connectivity index (χ0n) is 17.8. The van der Waals surface area contributed by atoms with E-state index in [9.17, 15) is 13.9 Å². The van der Waals surface area contributed by atoms with Crippen LogP contribution in [0.1, 0.15) is 5.56 Å². The Morgan fingerprint density at radius 3 is 2.48 bits per heavy atom. The Bertz CT molecular complexity index is 801. The Morgan fingerprint density at radius 1 is 1.10 bits per heavy atom. The highest BCUT2D eigenvalue weighted by Gasteiger charge is 2.18. The fraction of sp³-hybridized carbons (Fsp3) is 0.478. The first-order chi connectivity index (χ1) is 15.0. The molecule has 1 aliphatic heterocycles. The predicted octanol–water partition coefficient (Wildman–Crippen LogP) is 2.55. The maximum absolute atomic E-state index is 14.2. The molecule has 0 aliphatic carbocycles. The Labute approximate surface area is 181 Å². The van der Waals surface area contributed by atoms with Gasteiger partial charge in [0.25, 0.3) is 0 Å². The van der Waals surface area contributed by atoms with Crippen LogP contribution in [-0.4, -0.2) is 80.7 Å². The van der Waals surface area contributed by atoms with Crippen molar-refractivity contribution in [3.05, 3.63) is 59.7 Å². The molecule has 1 aliphatic rings. The molecule has 1 N–H and O–H groups in total. The number of rotatable bonds is 11. The van der Waals surface area contributed by atoms with Gasteiger partial charge in [-0.2, -0.15) is 0 Å². The standard InChI is InChI=1S/C23H30F2N2O4/c1-29-21-4-6-22(7-5-21)31-17-20(28)16-27(9-8-26-10-12-30-13-11-26)15-18-2-3-19(24)14-23(18)25/h2-7,14,20,28H,8-13,15-17H2,1H3. The summed E-state index contributed by atoms with van der Waals surface area (Å²) in [6.45, 7) is 5.19. The molecule has 2 aromatic rings. The number of hydrogen-bond donors (Lipinski definition) is 1. The Kier molecular flexibility index (Phi) is 9.02. The van der Waals surface area contributed by atoms with E-state index in [0.29, 0.717) is 37.6 Å². The molecule has 0 saturated carbocycles. The number of aliphatic hydroxyl groups is 1. The van der Waals surface area contributed by atoms with Crippen LogP contribution in [0, 0.1) is 11.6 Å². The molecular formula is C23H30F2N2O4. The van der Waals surface area contributed by atoms with Crippen molar-refractivity contribution in [2.24, 2.45) is 0 Å². The molecular weight excluding hydrogens is 406 g/mol. The van der Waals surface area contributed by atoms with E-state index in [1.807, 2.05) is 4.90 Å². The number of nitrogens with zero attached hydrogens (tertiary/aromatic N) is 2. The van der Waals surface area contributed by atoms with Gasteiger partial charge in [-0.3, -0.25) is 9.80 Å². The van der Waals surface area contributed by atoms with Gasteiger partial charge in [-0.05, 0) is 30.3 Å². The molecule has 0 radical (unpaired) electrons. The second-order valence-corrected chi connectivity index (χ2v) is 7.57. The van der Waals surface area contributed by atoms with E-state index in [1.54, 1.807) is 31.4 Å². The molecule has 3 rings (SSSR count). The van der Waals surface area contributed by atoms with E-state index in [2.05, 4.69) is 4.90 Å². The fourth-order valence-electron chi connectivity index (χ4n) is 3.45. The largest absolute Gasteiger partial charge is 0.497 e. The van der Waals surface area contributed by atoms with Crippen LogP contribution in [0.3, 0.4) is 0 Å². The third-order valence-corrected chi connectivity index (χ3v) is 5.22. The van der Waals surface area contributed by atoms with E-state index in [-0.39, 0.29) is 13.2 Å². The first-order valence-electron chi connectivity index (χ1n) is 10.4. The smallest absolute Gasteiger partial charge is 0.130 e. The summed E-state index contributed by atoms with van der Waals surface area (Å²) in [7, 11) is 1.59. The van der Waals surface area contributed by atoms with E-state index in [0.717, 1.165) is 31.5 Å². The monoisotopic (exact) mass is 436 g/mol. The molecule has 0 aromatic heterocycles. The summed E-state index contributed by atoms with van der Waals surface area (Å²) in [5, 5.41) is 10.5. The Hall–Kier alpha value is -2.26. The molecule has 1 unspecified atom stereocenters. The highest BCUT2D eigenvalue weighted by atomic mass is 19.1. The zero-order valence-corrected chi connectivity index (χ0v) is 17.8. The topological polar surface area (TPSA) is 54.4 Å². The normalized spacial score (nSPS) is 15.8. The Morgan fingerprint density at radius 2 is 1.81 bits per heavy atom. The van der Waals surface area contributed by atoms with E-state index in [4.69, 9.17) is 14.2 Å². The van der Waals surface area contributed by atoms with Crippen LogP contribution in [0.15, 0.2) is 42.5 Å². The van der Waals surface area contributed by atoms with Crippen molar-refractivity contribution >= 4 is 0 Å². The summed E-state index contributed by atoms with van der Waals surface area (Å²) >= 11 is 0. The number of benzene rings is 2. The van der Waals surface area contributed by atoms with Crippen LogP contribution in [-0.2, 0) is 11.3 Å². The molecule has 1 atom stereocenters. The van der Waals surface area contributed by atoms with Crippen molar-refractivity contribution < 1.29 is 28.1 Å². The molecule has 8 heteroatoms. The minimum absolute atomic E-state index is 0.103. The van der Waals surface area contributed by atoms with Crippen LogP contribution in [0.2, 0.25) is 0 Å². The maximum atomic E-state index is 14.2. The van der Waals surface area contributed by atoms with Gasteiger partial charge in [0.2, 0.25) is 0 Å². The third kappa shape index (κ3) is 7.74. The highest BCUT2D eigenvalue weighted by Crippen LogP contribution is 2.17. The number of halogens is 2. The predicted molar refractivity (Wildman–Crippen MR) is 113 cm³/mol. The van der Waals surface area contributed by atoms with Crippen LogP contribution in [0.5, 0.6) is 11.5 Å². The maximum Gasteiger partial charge on any atom is 0.130 e. The van der Waals surface area contributed by atoms with Crippen molar-refractivity contribution in [1.82, 2.24) is 9.80 Å². The van der Waals surface area contributed by atoms with Crippen molar-refractivity contribution in [1.29, 1.82) is 0 Å². The molecule has 170 valence electrons. The molecule has 6 nitrogen and oxygen atoms in total. The minimum Gasteiger partial charge on any atom is -0.497 e. The molecule has 31 heavy (non-hydrogen) atoms. The Balaban J connectivity index is 1.56. The van der Waals surface area contributed by atoms with E-state index < -0.39 is 17.7 Å². The lowest BCUT2D eigenvalue weighted by Crippen LogP contribution is -2.43. The molecule has 0 amide bonds. The van der Waals surface area contributed by atoms with Crippen LogP contribution in [0.25, 0.3) is 0 Å². The number of methoxy groups -OCH3 is 1. The molecule has 2 aromatic carbocycles. The van der Waals surface area contributed by atoms with Crippen molar-refractivity contribution in [2.45, 2.75) is 12.6 Å². The average Bonchev–Trinajstić information content (AvgIpc) is 2.79. The van der Waals surface area contributed by atoms with Gasteiger partial charge in [0, 0.05) is 50.9 Å². The molecule has 0 spiro atoms. The van der Waals surface area contributed by atoms with E-state index >= 15 is 0 Å². The summed E-state index contributed by atoms with van der Waals surface area (Å²) in [5.74, 6) is 0.169. The first-order valence-corrected chi connectivity index (χ1v) is 10.4. The quantitative estimate of drug-likeness (QED) is 0.584. The summed E-state index contributed by atoms with van der Waals surface area (Å²) in [5.41, 5.74) is 0.395. The van der Waals surface area contributed by atoms with Crippen molar-refractivity contribution in [2.75, 3.05) is 59.7 Å². The summed E-state index contributed by atoms with van der Waals surface area (Å²) in [6, 6.07) is 10.7. The van der Waals surface area contributed by atoms with Gasteiger partial charge in [0.15, 0.2) is 0 Å². The van der Waals surface area contributed by atoms with Gasteiger partial charge in [-0.25, -0.2) is 8.78 Å². The highest BCUT2D eigenvalue weighted by molar-refractivity contribution is 5.31. The van der Waals surface area contributed by atoms with Crippen LogP contribution < -0.4 is 9.47 Å². The zero-order chi connectivity index (χ0) is 22.1. The second kappa shape index (κ2) is 12.0. The average molecular weight is 436 g/mol. The third-order valence-electron chi connectivity index (χ3n) is 5.22. The van der Waals surface area contributed by atoms with Crippen molar-refractivity contribution in [3.63, 3.8) is 0 Å². The van der Waals surface area contributed by atoms with Crippen molar-refractivity contribution in [3.8, 4) is 11.5 Å². The number of ether oxygens (including phenoxy) is 3. The lowest BCUT2D eigenvalue weighted by atomic mass is 10.2. The first kappa shape index (κ1) is 23.4. The summed E-state index contributed by atoms with van der Waals surface area (Å²) < 4.78 is 43.6. The SMILES string of the molecule is COc1ccc(OCC(O)CN(CCN2CCOCC2)Cc2ccc(F)cc2F)cc1. The number of hydrogen-bond acceptors (Lipinski definition) is 6. The van der Waals surface area contributed by atoms with Gasteiger partial charge >= 0.3 is 0 Å². The number of aliphatic hydroxyl groups excluding tert-OH is 1. The number of morpholine rings is 1. The van der Waals surface area contributed by atoms with Gasteiger partial charge in [0.1, 0.15) is 35.8 Å². The van der Waals surface area contributed by atoms with Crippen LogP contribution >= 0.6 is 0 Å². The summed E-state index contributed by atoms with van der Waals surface area (Å²) in [6.07, 6.45) is -0.768. The minimum atomic E-state index is -0.768. The second-order valence-electron chi connectivity index (χ2n) is 7.57. The molecule has 0 bridgehead atoms. The fourth-order valence-corrected chi connectivity index (χ4v) is 3.45. The van der Waals surface area contributed by atoms with Gasteiger partial charge in [-0.1, -0.05) is 6.07 Å². The molecule has 1 heterocycles. The van der Waals surface area contributed by atoms with Gasteiger partial charge in [-0.15, -0.1) is 0 Å². The van der Waals surface area contributed by atoms with E-state index in [1.165, 1.54) is 12.1 Å². The van der Waals surface area contributed by atoms with Gasteiger partial charge < -0.3 is 19.3 Å². The molecule has 1 fully saturated rings. The summed E-state index contributed by atoms with van der Waals surface area (Å²) in [4.78, 5) is 4.24. The van der Waals surface area contributed by atoms with Crippen LogP contribution in [0.4, 0.5) is 8.78 Å². The lowest BCUT2D eigenvalue weighted by Gasteiger charge is -2.31. The molecule has 1 saturated heterocycles. The lowest BCUT2D eigenvalue weighted by molar-refractivity contribution is 0.0254. The van der Waals surface area contributed by atoms with Gasteiger partial charge in [0.05, 0.1) is 20.3 Å².